The molecular formula is C23H25N3O3S2. The summed E-state index contributed by atoms with van der Waals surface area (Å²) >= 11 is 2.80. The van der Waals surface area contributed by atoms with Gasteiger partial charge >= 0.3 is 5.97 Å². The maximum atomic E-state index is 13.2. The van der Waals surface area contributed by atoms with Crippen molar-refractivity contribution in [2.45, 2.75) is 51.9 Å². The third-order valence-corrected chi connectivity index (χ3v) is 8.65. The second kappa shape index (κ2) is 7.91. The van der Waals surface area contributed by atoms with E-state index < -0.39 is 5.97 Å². The lowest BCUT2D eigenvalue weighted by molar-refractivity contribution is 0.0601. The van der Waals surface area contributed by atoms with Gasteiger partial charge in [0.05, 0.1) is 18.4 Å². The van der Waals surface area contributed by atoms with Crippen LogP contribution in [0.5, 0.6) is 0 Å². The number of anilines is 2. The number of amides is 1. The number of methoxy groups -OCH3 is 1. The van der Waals surface area contributed by atoms with Gasteiger partial charge in [0.25, 0.3) is 5.91 Å². The normalized spacial score (nSPS) is 17.8. The minimum atomic E-state index is -0.400. The van der Waals surface area contributed by atoms with Crippen molar-refractivity contribution in [3.8, 4) is 0 Å². The van der Waals surface area contributed by atoms with Crippen LogP contribution in [0.1, 0.15) is 67.9 Å². The van der Waals surface area contributed by atoms with E-state index >= 15 is 0 Å². The second-order valence-corrected chi connectivity index (χ2v) is 10.6. The number of nitrogens with two attached hydrogens (primary N) is 1. The van der Waals surface area contributed by atoms with Gasteiger partial charge in [-0.15, -0.1) is 22.7 Å². The predicted molar refractivity (Wildman–Crippen MR) is 125 cm³/mol. The molecule has 1 atom stereocenters. The molecule has 0 saturated carbocycles. The molecule has 0 saturated heterocycles. The van der Waals surface area contributed by atoms with Gasteiger partial charge in [-0.2, -0.15) is 0 Å². The van der Waals surface area contributed by atoms with Crippen molar-refractivity contribution in [2.75, 3.05) is 18.2 Å². The molecule has 0 radical (unpaired) electrons. The number of ether oxygens (including phenoxy) is 1. The van der Waals surface area contributed by atoms with Gasteiger partial charge in [-0.05, 0) is 68.1 Å². The van der Waals surface area contributed by atoms with E-state index in [-0.39, 0.29) is 5.91 Å². The third kappa shape index (κ3) is 3.51. The van der Waals surface area contributed by atoms with Crippen molar-refractivity contribution in [2.24, 2.45) is 5.92 Å². The van der Waals surface area contributed by atoms with E-state index in [4.69, 9.17) is 15.5 Å². The molecule has 2 aliphatic rings. The topological polar surface area (TPSA) is 94.3 Å². The Morgan fingerprint density at radius 1 is 1.23 bits per heavy atom. The molecule has 31 heavy (non-hydrogen) atoms. The van der Waals surface area contributed by atoms with E-state index in [1.165, 1.54) is 35.3 Å². The van der Waals surface area contributed by atoms with Gasteiger partial charge in [0, 0.05) is 16.0 Å². The van der Waals surface area contributed by atoms with Crippen molar-refractivity contribution in [3.05, 3.63) is 38.2 Å². The van der Waals surface area contributed by atoms with Gasteiger partial charge in [0.2, 0.25) is 0 Å². The fourth-order valence-corrected chi connectivity index (χ4v) is 6.94. The SMILES string of the molecule is COC(=O)c1c(NC(=O)c2sc3nc4c(cc3c2N)CC(C)CC4)sc2c1CCCC2. The van der Waals surface area contributed by atoms with Crippen LogP contribution in [-0.2, 0) is 30.4 Å². The largest absolute Gasteiger partial charge is 0.465 e. The Kier molecular flexibility index (Phi) is 5.22. The lowest BCUT2D eigenvalue weighted by atomic mass is 9.87. The molecule has 0 aromatic carbocycles. The number of pyridine rings is 1. The highest BCUT2D eigenvalue weighted by Crippen LogP contribution is 2.40. The molecule has 3 heterocycles. The van der Waals surface area contributed by atoms with E-state index in [2.05, 4.69) is 18.3 Å². The average Bonchev–Trinajstić information content (AvgIpc) is 3.29. The fraction of sp³-hybridized carbons (Fsp3) is 0.435. The molecule has 0 bridgehead atoms. The molecule has 3 aromatic heterocycles. The molecule has 8 heteroatoms. The van der Waals surface area contributed by atoms with Gasteiger partial charge in [0.15, 0.2) is 0 Å². The summed E-state index contributed by atoms with van der Waals surface area (Å²) in [6, 6.07) is 2.11. The number of nitrogen functional groups attached to an aromatic ring is 1. The standard InChI is InChI=1S/C23H25N3O3S2/c1-11-7-8-15-12(9-11)10-14-18(24)19(31-21(14)25-15)20(27)26-22-17(23(28)29-2)13-5-3-4-6-16(13)30-22/h10-11H,3-9,24H2,1-2H3,(H,26,27). The summed E-state index contributed by atoms with van der Waals surface area (Å²) in [5.41, 5.74) is 10.7. The summed E-state index contributed by atoms with van der Waals surface area (Å²) in [5.74, 6) is -0.0611. The van der Waals surface area contributed by atoms with Gasteiger partial charge < -0.3 is 15.8 Å². The highest BCUT2D eigenvalue weighted by atomic mass is 32.1. The number of aromatic nitrogens is 1. The Bertz CT molecular complexity index is 1210. The number of hydrogen-bond donors (Lipinski definition) is 2. The number of carbonyl (C=O) groups is 2. The number of carbonyl (C=O) groups excluding carboxylic acids is 2. The van der Waals surface area contributed by atoms with Crippen molar-refractivity contribution in [1.82, 2.24) is 4.98 Å². The van der Waals surface area contributed by atoms with Crippen LogP contribution in [0.4, 0.5) is 10.7 Å². The molecule has 0 fully saturated rings. The zero-order chi connectivity index (χ0) is 21.7. The van der Waals surface area contributed by atoms with Crippen LogP contribution in [0.15, 0.2) is 6.07 Å². The molecule has 5 rings (SSSR count). The van der Waals surface area contributed by atoms with Crippen LogP contribution in [0.2, 0.25) is 0 Å². The number of nitrogens with one attached hydrogen (secondary N) is 1. The smallest absolute Gasteiger partial charge is 0.341 e. The highest BCUT2D eigenvalue weighted by Gasteiger charge is 2.28. The summed E-state index contributed by atoms with van der Waals surface area (Å²) < 4.78 is 5.01. The summed E-state index contributed by atoms with van der Waals surface area (Å²) in [6.45, 7) is 2.25. The molecule has 1 unspecified atom stereocenters. The number of rotatable bonds is 3. The minimum absolute atomic E-state index is 0.296. The number of esters is 1. The number of fused-ring (bicyclic) bond motifs is 3. The lowest BCUT2D eigenvalue weighted by Crippen LogP contribution is -2.15. The van der Waals surface area contributed by atoms with E-state index in [1.807, 2.05) is 0 Å². The van der Waals surface area contributed by atoms with Crippen LogP contribution in [0, 0.1) is 5.92 Å². The molecule has 3 aromatic rings. The van der Waals surface area contributed by atoms with Crippen molar-refractivity contribution in [1.29, 1.82) is 0 Å². The lowest BCUT2D eigenvalue weighted by Gasteiger charge is -2.20. The minimum Gasteiger partial charge on any atom is -0.465 e. The summed E-state index contributed by atoms with van der Waals surface area (Å²) in [4.78, 5) is 32.9. The van der Waals surface area contributed by atoms with E-state index in [0.29, 0.717) is 27.0 Å². The van der Waals surface area contributed by atoms with Crippen LogP contribution in [0.3, 0.4) is 0 Å². The Hall–Kier alpha value is -2.45. The summed E-state index contributed by atoms with van der Waals surface area (Å²) in [5, 5.41) is 4.36. The van der Waals surface area contributed by atoms with Gasteiger partial charge in [-0.3, -0.25) is 4.79 Å². The molecule has 162 valence electrons. The molecule has 6 nitrogen and oxygen atoms in total. The van der Waals surface area contributed by atoms with Crippen molar-refractivity contribution >= 4 is 55.5 Å². The molecule has 3 N–H and O–H groups in total. The Morgan fingerprint density at radius 3 is 2.84 bits per heavy atom. The Morgan fingerprint density at radius 2 is 2.03 bits per heavy atom. The van der Waals surface area contributed by atoms with Crippen molar-refractivity contribution in [3.63, 3.8) is 0 Å². The molecule has 2 aliphatic carbocycles. The monoisotopic (exact) mass is 455 g/mol. The van der Waals surface area contributed by atoms with Crippen LogP contribution in [-0.4, -0.2) is 24.0 Å². The first-order chi connectivity index (χ1) is 15.0. The fourth-order valence-electron chi connectivity index (χ4n) is 4.67. The van der Waals surface area contributed by atoms with Gasteiger partial charge in [0.1, 0.15) is 14.7 Å². The zero-order valence-corrected chi connectivity index (χ0v) is 19.3. The summed E-state index contributed by atoms with van der Waals surface area (Å²) in [7, 11) is 1.37. The number of nitrogens with zero attached hydrogens (tertiary/aromatic N) is 1. The van der Waals surface area contributed by atoms with E-state index in [0.717, 1.165) is 71.3 Å². The average molecular weight is 456 g/mol. The highest BCUT2D eigenvalue weighted by molar-refractivity contribution is 7.21. The number of aryl methyl sites for hydroxylation is 2. The maximum Gasteiger partial charge on any atom is 0.341 e. The maximum absolute atomic E-state index is 13.2. The first-order valence-electron chi connectivity index (χ1n) is 10.7. The second-order valence-electron chi connectivity index (χ2n) is 8.50. The van der Waals surface area contributed by atoms with Crippen molar-refractivity contribution < 1.29 is 14.3 Å². The number of thiophene rings is 2. The van der Waals surface area contributed by atoms with Crippen LogP contribution in [0.25, 0.3) is 10.2 Å². The molecule has 0 spiro atoms. The first-order valence-corrected chi connectivity index (χ1v) is 12.3. The first kappa shape index (κ1) is 20.5. The quantitative estimate of drug-likeness (QED) is 0.543. The van der Waals surface area contributed by atoms with E-state index in [9.17, 15) is 9.59 Å². The predicted octanol–water partition coefficient (Wildman–Crippen LogP) is 4.98. The number of hydrogen-bond acceptors (Lipinski definition) is 7. The van der Waals surface area contributed by atoms with Crippen LogP contribution >= 0.6 is 22.7 Å². The van der Waals surface area contributed by atoms with Gasteiger partial charge in [-0.25, -0.2) is 9.78 Å². The molecule has 0 aliphatic heterocycles. The molecular weight excluding hydrogens is 430 g/mol. The Balaban J connectivity index is 1.51. The van der Waals surface area contributed by atoms with Crippen LogP contribution < -0.4 is 11.1 Å². The van der Waals surface area contributed by atoms with Gasteiger partial charge in [-0.1, -0.05) is 6.92 Å². The third-order valence-electron chi connectivity index (χ3n) is 6.33. The molecule has 1 amide bonds. The Labute approximate surface area is 188 Å². The summed E-state index contributed by atoms with van der Waals surface area (Å²) in [6.07, 6.45) is 7.01. The zero-order valence-electron chi connectivity index (χ0n) is 17.7. The van der Waals surface area contributed by atoms with E-state index in [1.54, 1.807) is 0 Å².